The van der Waals surface area contributed by atoms with Crippen molar-refractivity contribution in [1.29, 1.82) is 0 Å². The molecule has 148 valence electrons. The van der Waals surface area contributed by atoms with Crippen LogP contribution >= 0.6 is 11.3 Å². The van der Waals surface area contributed by atoms with E-state index in [1.54, 1.807) is 17.7 Å². The Morgan fingerprint density at radius 3 is 2.57 bits per heavy atom. The van der Waals surface area contributed by atoms with Crippen LogP contribution in [0.4, 0.5) is 10.9 Å². The number of fused-ring (bicyclic) bond motifs is 1. The maximum absolute atomic E-state index is 12.8. The summed E-state index contributed by atoms with van der Waals surface area (Å²) in [6.45, 7) is 1.26. The Labute approximate surface area is 178 Å². The summed E-state index contributed by atoms with van der Waals surface area (Å²) in [5.41, 5.74) is 3.67. The molecule has 2 aromatic heterocycles. The average molecular weight is 414 g/mol. The first kappa shape index (κ1) is 18.4. The van der Waals surface area contributed by atoms with Crippen molar-refractivity contribution in [3.05, 3.63) is 89.2 Å². The van der Waals surface area contributed by atoms with Gasteiger partial charge < -0.3 is 10.2 Å². The van der Waals surface area contributed by atoms with Gasteiger partial charge in [0, 0.05) is 35.0 Å². The lowest BCUT2D eigenvalue weighted by atomic mass is 10.1. The van der Waals surface area contributed by atoms with E-state index >= 15 is 0 Å². The molecule has 30 heavy (non-hydrogen) atoms. The number of hydrogen-bond donors (Lipinski definition) is 1. The highest BCUT2D eigenvalue weighted by Gasteiger charge is 2.25. The minimum Gasteiger partial charge on any atom is -0.333 e. The molecule has 0 unspecified atom stereocenters. The van der Waals surface area contributed by atoms with E-state index in [9.17, 15) is 4.79 Å². The normalized spacial score (nSPS) is 13.0. The number of nitrogens with one attached hydrogen (secondary N) is 1. The molecule has 3 heterocycles. The van der Waals surface area contributed by atoms with Gasteiger partial charge in [-0.05, 0) is 12.1 Å². The molecule has 6 nitrogen and oxygen atoms in total. The lowest BCUT2D eigenvalue weighted by molar-refractivity contribution is 0.0736. The van der Waals surface area contributed by atoms with Gasteiger partial charge in [0.25, 0.3) is 5.91 Å². The second kappa shape index (κ2) is 8.04. The molecule has 0 fully saturated rings. The van der Waals surface area contributed by atoms with Crippen LogP contribution in [0.3, 0.4) is 0 Å². The highest BCUT2D eigenvalue weighted by molar-refractivity contribution is 7.15. The van der Waals surface area contributed by atoms with Crippen LogP contribution in [0.15, 0.2) is 73.1 Å². The Hall–Kier alpha value is -3.58. The Kier molecular flexibility index (Phi) is 4.94. The largest absolute Gasteiger partial charge is 0.333 e. The van der Waals surface area contributed by atoms with Gasteiger partial charge in [-0.15, -0.1) is 0 Å². The van der Waals surface area contributed by atoms with Crippen LogP contribution in [0.25, 0.3) is 11.3 Å². The molecule has 1 aliphatic heterocycles. The molecule has 0 saturated carbocycles. The van der Waals surface area contributed by atoms with Crippen molar-refractivity contribution < 1.29 is 4.79 Å². The number of nitrogens with zero attached hydrogens (tertiary/aromatic N) is 4. The fourth-order valence-electron chi connectivity index (χ4n) is 3.49. The van der Waals surface area contributed by atoms with Gasteiger partial charge in [-0.25, -0.2) is 15.0 Å². The number of thiazole rings is 1. The van der Waals surface area contributed by atoms with E-state index in [2.05, 4.69) is 15.3 Å². The summed E-state index contributed by atoms with van der Waals surface area (Å²) < 4.78 is 0. The molecule has 0 aliphatic carbocycles. The molecule has 0 bridgehead atoms. The van der Waals surface area contributed by atoms with Crippen molar-refractivity contribution in [2.75, 3.05) is 11.9 Å². The fourth-order valence-corrected chi connectivity index (χ4v) is 4.52. The molecule has 1 amide bonds. The quantitative estimate of drug-likeness (QED) is 0.532. The summed E-state index contributed by atoms with van der Waals surface area (Å²) in [4.78, 5) is 29.2. The molecular formula is C23H19N5OS. The Morgan fingerprint density at radius 2 is 1.77 bits per heavy atom. The molecule has 4 aromatic rings. The molecule has 1 N–H and O–H groups in total. The first-order valence-electron chi connectivity index (χ1n) is 9.74. The van der Waals surface area contributed by atoms with E-state index in [4.69, 9.17) is 4.98 Å². The maximum atomic E-state index is 12.8. The van der Waals surface area contributed by atoms with Gasteiger partial charge in [0.1, 0.15) is 12.1 Å². The minimum absolute atomic E-state index is 0.0625. The van der Waals surface area contributed by atoms with Crippen LogP contribution < -0.4 is 5.32 Å². The average Bonchev–Trinajstić information content (AvgIpc) is 3.21. The van der Waals surface area contributed by atoms with E-state index in [0.29, 0.717) is 18.9 Å². The Bertz CT molecular complexity index is 1180. The van der Waals surface area contributed by atoms with Gasteiger partial charge in [0.2, 0.25) is 0 Å². The zero-order chi connectivity index (χ0) is 20.3. The van der Waals surface area contributed by atoms with Gasteiger partial charge in [-0.3, -0.25) is 4.79 Å². The molecule has 0 spiro atoms. The third-order valence-electron chi connectivity index (χ3n) is 5.01. The van der Waals surface area contributed by atoms with Crippen molar-refractivity contribution in [3.63, 3.8) is 0 Å². The smallest absolute Gasteiger partial charge is 0.254 e. The molecule has 5 rings (SSSR count). The highest BCUT2D eigenvalue weighted by Crippen LogP contribution is 2.31. The van der Waals surface area contributed by atoms with Crippen molar-refractivity contribution in [1.82, 2.24) is 19.9 Å². The van der Waals surface area contributed by atoms with Crippen molar-refractivity contribution in [2.24, 2.45) is 0 Å². The number of carbonyl (C=O) groups is 1. The zero-order valence-corrected chi connectivity index (χ0v) is 17.0. The van der Waals surface area contributed by atoms with Crippen LogP contribution in [0.1, 0.15) is 20.9 Å². The zero-order valence-electron chi connectivity index (χ0n) is 16.2. The topological polar surface area (TPSA) is 71.0 Å². The van der Waals surface area contributed by atoms with Crippen molar-refractivity contribution in [2.45, 2.75) is 13.0 Å². The number of anilines is 2. The number of amides is 1. The molecule has 0 atom stereocenters. The van der Waals surface area contributed by atoms with Gasteiger partial charge in [-0.2, -0.15) is 0 Å². The molecule has 2 aromatic carbocycles. The number of hydrogen-bond acceptors (Lipinski definition) is 6. The van der Waals surface area contributed by atoms with Gasteiger partial charge >= 0.3 is 0 Å². The lowest BCUT2D eigenvalue weighted by Crippen LogP contribution is -2.35. The predicted molar refractivity (Wildman–Crippen MR) is 118 cm³/mol. The SMILES string of the molecule is O=C(c1ccccc1)N1CCc2nc(Nc3cc(-c4ccccc4)ncn3)sc2C1. The summed E-state index contributed by atoms with van der Waals surface area (Å²) in [5.74, 6) is 0.764. The molecule has 0 radical (unpaired) electrons. The summed E-state index contributed by atoms with van der Waals surface area (Å²) in [7, 11) is 0. The highest BCUT2D eigenvalue weighted by atomic mass is 32.1. The van der Waals surface area contributed by atoms with Crippen LogP contribution in [0.5, 0.6) is 0 Å². The van der Waals surface area contributed by atoms with Crippen LogP contribution in [0.2, 0.25) is 0 Å². The predicted octanol–water partition coefficient (Wildman–Crippen LogP) is 4.54. The number of carbonyl (C=O) groups excluding carboxylic acids is 1. The van der Waals surface area contributed by atoms with Gasteiger partial charge in [-0.1, -0.05) is 59.9 Å². The third-order valence-corrected chi connectivity index (χ3v) is 6.01. The van der Waals surface area contributed by atoms with Crippen molar-refractivity contribution >= 4 is 28.2 Å². The van der Waals surface area contributed by atoms with E-state index in [1.807, 2.05) is 71.6 Å². The third kappa shape index (κ3) is 3.79. The number of aromatic nitrogens is 3. The number of benzene rings is 2. The summed E-state index contributed by atoms with van der Waals surface area (Å²) in [6.07, 6.45) is 2.31. The maximum Gasteiger partial charge on any atom is 0.254 e. The molecular weight excluding hydrogens is 394 g/mol. The lowest BCUT2D eigenvalue weighted by Gasteiger charge is -2.26. The van der Waals surface area contributed by atoms with Gasteiger partial charge in [0.15, 0.2) is 5.13 Å². The Morgan fingerprint density at radius 1 is 1.00 bits per heavy atom. The van der Waals surface area contributed by atoms with E-state index in [1.165, 1.54) is 0 Å². The summed E-state index contributed by atoms with van der Waals surface area (Å²) in [6, 6.07) is 21.3. The Balaban J connectivity index is 1.32. The summed E-state index contributed by atoms with van der Waals surface area (Å²) in [5, 5.41) is 4.08. The van der Waals surface area contributed by atoms with Gasteiger partial charge in [0.05, 0.1) is 17.9 Å². The molecule has 1 aliphatic rings. The van der Waals surface area contributed by atoms with Crippen LogP contribution in [-0.4, -0.2) is 32.3 Å². The minimum atomic E-state index is 0.0625. The summed E-state index contributed by atoms with van der Waals surface area (Å²) >= 11 is 1.57. The molecule has 7 heteroatoms. The number of rotatable bonds is 4. The molecule has 0 saturated heterocycles. The van der Waals surface area contributed by atoms with Crippen LogP contribution in [0, 0.1) is 0 Å². The van der Waals surface area contributed by atoms with E-state index in [0.717, 1.165) is 38.9 Å². The monoisotopic (exact) mass is 413 g/mol. The first-order valence-corrected chi connectivity index (χ1v) is 10.6. The standard InChI is InChI=1S/C23H19N5OS/c29-22(17-9-5-2-6-10-17)28-12-11-18-20(14-28)30-23(26-18)27-21-13-19(24-15-25-21)16-7-3-1-4-8-16/h1-10,13,15H,11-12,14H2,(H,24,25,26,27). The second-order valence-corrected chi connectivity index (χ2v) is 8.09. The van der Waals surface area contributed by atoms with Crippen molar-refractivity contribution in [3.8, 4) is 11.3 Å². The van der Waals surface area contributed by atoms with Crippen LogP contribution in [-0.2, 0) is 13.0 Å². The first-order chi connectivity index (χ1) is 14.8. The van der Waals surface area contributed by atoms with E-state index < -0.39 is 0 Å². The van der Waals surface area contributed by atoms with E-state index in [-0.39, 0.29) is 5.91 Å². The fraction of sp³-hybridized carbons (Fsp3) is 0.130. The second-order valence-electron chi connectivity index (χ2n) is 7.01.